The summed E-state index contributed by atoms with van der Waals surface area (Å²) in [7, 11) is 5.31. The molecule has 0 spiro atoms. The van der Waals surface area contributed by atoms with Crippen molar-refractivity contribution in [3.63, 3.8) is 0 Å². The minimum absolute atomic E-state index is 0.0208. The molecule has 134 valence electrons. The summed E-state index contributed by atoms with van der Waals surface area (Å²) in [5.74, 6) is 0.301. The van der Waals surface area contributed by atoms with Crippen molar-refractivity contribution in [2.45, 2.75) is 10.4 Å². The zero-order chi connectivity index (χ0) is 18.7. The average Bonchev–Trinajstić information content (AvgIpc) is 3.01. The lowest BCUT2D eigenvalue weighted by atomic mass is 10.1. The maximum absolute atomic E-state index is 13.1. The summed E-state index contributed by atoms with van der Waals surface area (Å²) >= 11 is 1.35. The third-order valence-electron chi connectivity index (χ3n) is 3.93. The molecule has 7 heteroatoms. The van der Waals surface area contributed by atoms with E-state index in [0.717, 1.165) is 11.1 Å². The summed E-state index contributed by atoms with van der Waals surface area (Å²) < 4.78 is 15.0. The second-order valence-corrected chi connectivity index (χ2v) is 7.09. The van der Waals surface area contributed by atoms with E-state index < -0.39 is 5.25 Å². The standard InChI is InChI=1S/C19H19FN4OS/c1-23(2)18(25)16(13-7-5-4-6-8-13)26-19-22-21-17(24(19)3)14-9-11-15(20)12-10-14/h4-12,16H,1-3H3/t16-/m1/s1. The quantitative estimate of drug-likeness (QED) is 0.645. The van der Waals surface area contributed by atoms with E-state index in [1.54, 1.807) is 31.1 Å². The lowest BCUT2D eigenvalue weighted by molar-refractivity contribution is -0.128. The average molecular weight is 370 g/mol. The number of likely N-dealkylation sites (N-methyl/N-ethyl adjacent to an activating group) is 1. The summed E-state index contributed by atoms with van der Waals surface area (Å²) in [6, 6.07) is 15.7. The summed E-state index contributed by atoms with van der Waals surface area (Å²) in [5, 5.41) is 8.64. The van der Waals surface area contributed by atoms with Gasteiger partial charge in [-0.1, -0.05) is 42.1 Å². The molecule has 0 N–H and O–H groups in total. The Kier molecular flexibility index (Phi) is 5.37. The second-order valence-electron chi connectivity index (χ2n) is 6.01. The van der Waals surface area contributed by atoms with Crippen molar-refractivity contribution in [2.24, 2.45) is 7.05 Å². The Morgan fingerprint density at radius 3 is 2.35 bits per heavy atom. The molecule has 5 nitrogen and oxygen atoms in total. The van der Waals surface area contributed by atoms with E-state index in [1.165, 1.54) is 23.9 Å². The van der Waals surface area contributed by atoms with Crippen LogP contribution in [0.1, 0.15) is 10.8 Å². The SMILES string of the molecule is CN(C)C(=O)[C@H](Sc1nnc(-c2ccc(F)cc2)n1C)c1ccccc1. The van der Waals surface area contributed by atoms with Crippen LogP contribution in [-0.4, -0.2) is 39.7 Å². The number of thioether (sulfide) groups is 1. The molecule has 0 bridgehead atoms. The first-order valence-electron chi connectivity index (χ1n) is 8.05. The number of carbonyl (C=O) groups excluding carboxylic acids is 1. The molecule has 0 aliphatic heterocycles. The van der Waals surface area contributed by atoms with Gasteiger partial charge in [-0.25, -0.2) is 4.39 Å². The van der Waals surface area contributed by atoms with Gasteiger partial charge >= 0.3 is 0 Å². The van der Waals surface area contributed by atoms with Crippen LogP contribution in [0.3, 0.4) is 0 Å². The minimum Gasteiger partial charge on any atom is -0.348 e. The zero-order valence-corrected chi connectivity index (χ0v) is 15.6. The molecule has 3 rings (SSSR count). The molecular formula is C19H19FN4OS. The van der Waals surface area contributed by atoms with Gasteiger partial charge in [-0.05, 0) is 29.8 Å². The maximum atomic E-state index is 13.1. The molecule has 1 atom stereocenters. The number of aromatic nitrogens is 3. The fraction of sp³-hybridized carbons (Fsp3) is 0.211. The number of hydrogen-bond donors (Lipinski definition) is 0. The van der Waals surface area contributed by atoms with E-state index >= 15 is 0 Å². The van der Waals surface area contributed by atoms with Gasteiger partial charge in [0.2, 0.25) is 5.91 Å². The number of carbonyl (C=O) groups is 1. The van der Waals surface area contributed by atoms with E-state index in [9.17, 15) is 9.18 Å². The van der Waals surface area contributed by atoms with Crippen molar-refractivity contribution in [1.29, 1.82) is 0 Å². The minimum atomic E-state index is -0.421. The molecule has 0 radical (unpaired) electrons. The number of hydrogen-bond acceptors (Lipinski definition) is 4. The number of halogens is 1. The van der Waals surface area contributed by atoms with Crippen LogP contribution in [0.2, 0.25) is 0 Å². The Morgan fingerprint density at radius 2 is 1.73 bits per heavy atom. The highest BCUT2D eigenvalue weighted by molar-refractivity contribution is 8.00. The molecule has 3 aromatic rings. The van der Waals surface area contributed by atoms with Crippen LogP contribution >= 0.6 is 11.8 Å². The molecular weight excluding hydrogens is 351 g/mol. The molecule has 0 aliphatic carbocycles. The van der Waals surface area contributed by atoms with Crippen LogP contribution < -0.4 is 0 Å². The predicted octanol–water partition coefficient (Wildman–Crippen LogP) is 3.54. The summed E-state index contributed by atoms with van der Waals surface area (Å²) in [6.07, 6.45) is 0. The van der Waals surface area contributed by atoms with Crippen molar-refractivity contribution in [3.8, 4) is 11.4 Å². The van der Waals surface area contributed by atoms with Gasteiger partial charge in [-0.15, -0.1) is 10.2 Å². The zero-order valence-electron chi connectivity index (χ0n) is 14.8. The van der Waals surface area contributed by atoms with E-state index in [4.69, 9.17) is 0 Å². The monoisotopic (exact) mass is 370 g/mol. The first kappa shape index (κ1) is 18.1. The fourth-order valence-electron chi connectivity index (χ4n) is 2.50. The molecule has 26 heavy (non-hydrogen) atoms. The van der Waals surface area contributed by atoms with Gasteiger partial charge in [0, 0.05) is 26.7 Å². The number of benzene rings is 2. The Labute approximate surface area is 155 Å². The third kappa shape index (κ3) is 3.77. The first-order valence-corrected chi connectivity index (χ1v) is 8.93. The van der Waals surface area contributed by atoms with Crippen LogP contribution in [0.25, 0.3) is 11.4 Å². The number of nitrogens with zero attached hydrogens (tertiary/aromatic N) is 4. The van der Waals surface area contributed by atoms with Crippen molar-refractivity contribution in [3.05, 3.63) is 66.0 Å². The van der Waals surface area contributed by atoms with Gasteiger partial charge in [-0.2, -0.15) is 0 Å². The molecule has 0 saturated carbocycles. The molecule has 1 heterocycles. The Morgan fingerprint density at radius 1 is 1.08 bits per heavy atom. The summed E-state index contributed by atoms with van der Waals surface area (Å²) in [5.41, 5.74) is 1.67. The smallest absolute Gasteiger partial charge is 0.240 e. The highest BCUT2D eigenvalue weighted by Crippen LogP contribution is 2.36. The number of amides is 1. The molecule has 0 unspecified atom stereocenters. The first-order chi connectivity index (χ1) is 12.5. The number of rotatable bonds is 5. The normalized spacial score (nSPS) is 12.0. The van der Waals surface area contributed by atoms with E-state index in [2.05, 4.69) is 10.2 Å². The Hall–Kier alpha value is -2.67. The van der Waals surface area contributed by atoms with Gasteiger partial charge < -0.3 is 9.47 Å². The second kappa shape index (κ2) is 7.70. The Bertz CT molecular complexity index is 894. The van der Waals surface area contributed by atoms with E-state index in [-0.39, 0.29) is 11.7 Å². The lowest BCUT2D eigenvalue weighted by Gasteiger charge is -2.20. The van der Waals surface area contributed by atoms with Gasteiger partial charge in [0.25, 0.3) is 0 Å². The van der Waals surface area contributed by atoms with Gasteiger partial charge in [-0.3, -0.25) is 4.79 Å². The van der Waals surface area contributed by atoms with Crippen LogP contribution in [0.15, 0.2) is 59.8 Å². The summed E-state index contributed by atoms with van der Waals surface area (Å²) in [4.78, 5) is 14.3. The molecule has 2 aromatic carbocycles. The molecule has 1 aromatic heterocycles. The van der Waals surface area contributed by atoms with Crippen molar-refractivity contribution >= 4 is 17.7 Å². The van der Waals surface area contributed by atoms with Gasteiger partial charge in [0.15, 0.2) is 11.0 Å². The topological polar surface area (TPSA) is 51.0 Å². The van der Waals surface area contributed by atoms with Crippen LogP contribution in [0.4, 0.5) is 4.39 Å². The van der Waals surface area contributed by atoms with Gasteiger partial charge in [0.05, 0.1) is 0 Å². The Balaban J connectivity index is 1.93. The van der Waals surface area contributed by atoms with Crippen LogP contribution in [-0.2, 0) is 11.8 Å². The van der Waals surface area contributed by atoms with E-state index in [0.29, 0.717) is 11.0 Å². The highest BCUT2D eigenvalue weighted by Gasteiger charge is 2.26. The molecule has 0 saturated heterocycles. The maximum Gasteiger partial charge on any atom is 0.240 e. The fourth-order valence-corrected chi connectivity index (χ4v) is 3.64. The van der Waals surface area contributed by atoms with Crippen molar-refractivity contribution in [1.82, 2.24) is 19.7 Å². The third-order valence-corrected chi connectivity index (χ3v) is 5.20. The molecule has 0 fully saturated rings. The molecule has 0 aliphatic rings. The van der Waals surface area contributed by atoms with Crippen molar-refractivity contribution < 1.29 is 9.18 Å². The summed E-state index contributed by atoms with van der Waals surface area (Å²) in [6.45, 7) is 0. The predicted molar refractivity (Wildman–Crippen MR) is 100 cm³/mol. The molecule has 1 amide bonds. The van der Waals surface area contributed by atoms with Crippen LogP contribution in [0.5, 0.6) is 0 Å². The largest absolute Gasteiger partial charge is 0.348 e. The van der Waals surface area contributed by atoms with Crippen LogP contribution in [0, 0.1) is 5.82 Å². The van der Waals surface area contributed by atoms with E-state index in [1.807, 2.05) is 41.9 Å². The highest BCUT2D eigenvalue weighted by atomic mass is 32.2. The lowest BCUT2D eigenvalue weighted by Crippen LogP contribution is -2.26. The van der Waals surface area contributed by atoms with Crippen molar-refractivity contribution in [2.75, 3.05) is 14.1 Å². The van der Waals surface area contributed by atoms with Gasteiger partial charge in [0.1, 0.15) is 11.1 Å².